The van der Waals surface area contributed by atoms with Crippen molar-refractivity contribution in [3.05, 3.63) is 29.8 Å². The zero-order valence-corrected chi connectivity index (χ0v) is 16.7. The Bertz CT molecular complexity index is 546. The number of halogens is 3. The first-order valence-electron chi connectivity index (χ1n) is 7.72. The van der Waals surface area contributed by atoms with Gasteiger partial charge >= 0.3 is 0 Å². The highest BCUT2D eigenvalue weighted by Crippen LogP contribution is 2.29. The molecule has 3 N–H and O–H groups in total. The lowest BCUT2D eigenvalue weighted by atomic mass is 10.2. The molecule has 0 saturated heterocycles. The highest BCUT2D eigenvalue weighted by Gasteiger charge is 2.34. The normalized spacial score (nSPS) is 12.4. The Morgan fingerprint density at radius 3 is 2.33 bits per heavy atom. The van der Waals surface area contributed by atoms with Crippen LogP contribution in [0.4, 0.5) is 5.69 Å². The molecule has 0 aliphatic heterocycles. The topological polar surface area (TPSA) is 53.2 Å². The van der Waals surface area contributed by atoms with Crippen LogP contribution < -0.4 is 16.0 Å². The molecular formula is C16H22Cl3N3OS. The number of alkyl halides is 3. The second kappa shape index (κ2) is 10.3. The van der Waals surface area contributed by atoms with E-state index in [0.717, 1.165) is 30.5 Å². The number of thiocarbonyl (C=S) groups is 1. The van der Waals surface area contributed by atoms with Gasteiger partial charge in [0.2, 0.25) is 9.70 Å². The summed E-state index contributed by atoms with van der Waals surface area (Å²) >= 11 is 23.0. The third kappa shape index (κ3) is 8.38. The molecule has 0 radical (unpaired) electrons. The number of unbranched alkanes of at least 4 members (excludes halogenated alkanes) is 2. The molecule has 1 aromatic carbocycles. The molecule has 0 saturated carbocycles. The number of anilines is 1. The van der Waals surface area contributed by atoms with Crippen LogP contribution in [0.3, 0.4) is 0 Å². The zero-order valence-electron chi connectivity index (χ0n) is 13.7. The van der Waals surface area contributed by atoms with E-state index in [9.17, 15) is 4.79 Å². The van der Waals surface area contributed by atoms with Crippen molar-refractivity contribution in [3.8, 4) is 0 Å². The zero-order chi connectivity index (χ0) is 18.2. The van der Waals surface area contributed by atoms with Gasteiger partial charge in [-0.25, -0.2) is 0 Å². The Morgan fingerprint density at radius 1 is 1.17 bits per heavy atom. The van der Waals surface area contributed by atoms with Crippen LogP contribution in [0.2, 0.25) is 0 Å². The van der Waals surface area contributed by atoms with Gasteiger partial charge in [0, 0.05) is 12.1 Å². The summed E-state index contributed by atoms with van der Waals surface area (Å²) in [4.78, 5) is 12.0. The van der Waals surface area contributed by atoms with Crippen molar-refractivity contribution < 1.29 is 4.79 Å². The van der Waals surface area contributed by atoms with Crippen LogP contribution in [-0.4, -0.2) is 21.0 Å². The maximum atomic E-state index is 12.0. The lowest BCUT2D eigenvalue weighted by Gasteiger charge is -2.27. The van der Waals surface area contributed by atoms with E-state index in [0.29, 0.717) is 6.42 Å². The molecular weight excluding hydrogens is 389 g/mol. The highest BCUT2D eigenvalue weighted by molar-refractivity contribution is 7.80. The van der Waals surface area contributed by atoms with Crippen LogP contribution in [0.1, 0.15) is 38.2 Å². The van der Waals surface area contributed by atoms with Crippen LogP contribution in [0.5, 0.6) is 0 Å². The van der Waals surface area contributed by atoms with Crippen LogP contribution in [0, 0.1) is 6.92 Å². The predicted molar refractivity (Wildman–Crippen MR) is 107 cm³/mol. The number of carbonyl (C=O) groups excluding carboxylic acids is 1. The van der Waals surface area contributed by atoms with Gasteiger partial charge in [0.15, 0.2) is 5.11 Å². The highest BCUT2D eigenvalue weighted by atomic mass is 35.6. The second-order valence-corrected chi connectivity index (χ2v) is 8.24. The number of carbonyl (C=O) groups is 1. The second-order valence-electron chi connectivity index (χ2n) is 5.46. The minimum absolute atomic E-state index is 0.189. The summed E-state index contributed by atoms with van der Waals surface area (Å²) in [7, 11) is 0. The molecule has 1 atom stereocenters. The van der Waals surface area contributed by atoms with Gasteiger partial charge in [0.05, 0.1) is 0 Å². The molecule has 24 heavy (non-hydrogen) atoms. The molecule has 0 aliphatic carbocycles. The fourth-order valence-corrected chi connectivity index (χ4v) is 2.47. The Hall–Kier alpha value is -0.750. The quantitative estimate of drug-likeness (QED) is 0.264. The summed E-state index contributed by atoms with van der Waals surface area (Å²) in [6.45, 7) is 4.06. The Balaban J connectivity index is 2.60. The van der Waals surface area contributed by atoms with E-state index in [1.165, 1.54) is 0 Å². The van der Waals surface area contributed by atoms with Crippen molar-refractivity contribution in [2.75, 3.05) is 5.32 Å². The van der Waals surface area contributed by atoms with E-state index in [1.54, 1.807) is 0 Å². The van der Waals surface area contributed by atoms with E-state index in [4.69, 9.17) is 47.0 Å². The number of aryl methyl sites for hydroxylation is 1. The number of benzene rings is 1. The molecule has 1 amide bonds. The van der Waals surface area contributed by atoms with Crippen molar-refractivity contribution in [1.82, 2.24) is 10.6 Å². The minimum atomic E-state index is -1.74. The van der Waals surface area contributed by atoms with E-state index in [1.807, 2.05) is 31.2 Å². The molecule has 1 aromatic rings. The third-order valence-electron chi connectivity index (χ3n) is 3.22. The number of nitrogens with one attached hydrogen (secondary N) is 3. The molecule has 0 heterocycles. The molecule has 134 valence electrons. The molecule has 8 heteroatoms. The van der Waals surface area contributed by atoms with Gasteiger partial charge in [-0.15, -0.1) is 0 Å². The first kappa shape index (κ1) is 21.3. The third-order valence-corrected chi connectivity index (χ3v) is 4.10. The monoisotopic (exact) mass is 409 g/mol. The van der Waals surface area contributed by atoms with Crippen molar-refractivity contribution in [3.63, 3.8) is 0 Å². The van der Waals surface area contributed by atoms with E-state index >= 15 is 0 Å². The maximum absolute atomic E-state index is 12.0. The predicted octanol–water partition coefficient (Wildman–Crippen LogP) is 4.67. The van der Waals surface area contributed by atoms with E-state index in [-0.39, 0.29) is 11.0 Å². The molecule has 0 unspecified atom stereocenters. The molecule has 0 fully saturated rings. The lowest BCUT2D eigenvalue weighted by molar-refractivity contribution is -0.122. The number of amides is 1. The number of hydrogen-bond donors (Lipinski definition) is 3. The lowest BCUT2D eigenvalue weighted by Crippen LogP contribution is -2.56. The van der Waals surface area contributed by atoms with Gasteiger partial charge in [-0.1, -0.05) is 72.3 Å². The average molecular weight is 411 g/mol. The fourth-order valence-electron chi connectivity index (χ4n) is 1.90. The molecule has 0 bridgehead atoms. The smallest absolute Gasteiger partial charge is 0.228 e. The van der Waals surface area contributed by atoms with Crippen molar-refractivity contribution in [2.24, 2.45) is 0 Å². The summed E-state index contributed by atoms with van der Waals surface area (Å²) in [5.41, 5.74) is 1.94. The van der Waals surface area contributed by atoms with Crippen LogP contribution in [0.15, 0.2) is 24.3 Å². The summed E-state index contributed by atoms with van der Waals surface area (Å²) in [6, 6.07) is 7.67. The SMILES string of the molecule is CCCCCC(=O)N[C@H](NC(=S)Nc1ccc(C)cc1)C(Cl)(Cl)Cl. The van der Waals surface area contributed by atoms with Crippen molar-refractivity contribution >= 4 is 63.7 Å². The Kier molecular flexibility index (Phi) is 9.13. The first-order valence-corrected chi connectivity index (χ1v) is 9.27. The fraction of sp³-hybridized carbons (Fsp3) is 0.500. The Labute approximate surface area is 163 Å². The average Bonchev–Trinajstić information content (AvgIpc) is 2.48. The van der Waals surface area contributed by atoms with E-state index in [2.05, 4.69) is 22.9 Å². The Morgan fingerprint density at radius 2 is 1.79 bits per heavy atom. The van der Waals surface area contributed by atoms with Crippen LogP contribution in [-0.2, 0) is 4.79 Å². The first-order chi connectivity index (χ1) is 11.2. The number of hydrogen-bond acceptors (Lipinski definition) is 2. The summed E-state index contributed by atoms with van der Waals surface area (Å²) < 4.78 is -1.74. The van der Waals surface area contributed by atoms with Gasteiger partial charge in [0.1, 0.15) is 6.17 Å². The summed E-state index contributed by atoms with van der Waals surface area (Å²) in [6.07, 6.45) is 2.25. The van der Waals surface area contributed by atoms with Crippen molar-refractivity contribution in [2.45, 2.75) is 49.5 Å². The van der Waals surface area contributed by atoms with E-state index < -0.39 is 9.96 Å². The van der Waals surface area contributed by atoms with Crippen molar-refractivity contribution in [1.29, 1.82) is 0 Å². The summed E-state index contributed by atoms with van der Waals surface area (Å²) in [5.74, 6) is -0.189. The van der Waals surface area contributed by atoms with Crippen LogP contribution >= 0.6 is 47.0 Å². The van der Waals surface area contributed by atoms with Gasteiger partial charge in [-0.2, -0.15) is 0 Å². The number of rotatable bonds is 7. The molecule has 4 nitrogen and oxygen atoms in total. The van der Waals surface area contributed by atoms with Gasteiger partial charge in [-0.05, 0) is 37.7 Å². The molecule has 1 rings (SSSR count). The standard InChI is InChI=1S/C16H22Cl3N3OS/c1-3-4-5-6-13(23)21-14(16(17,18)19)22-15(24)20-12-9-7-11(2)8-10-12/h7-10,14H,3-6H2,1-2H3,(H,21,23)(H2,20,22,24)/t14-/m1/s1. The molecule has 0 aromatic heterocycles. The molecule has 0 aliphatic rings. The van der Waals surface area contributed by atoms with Gasteiger partial charge in [0.25, 0.3) is 0 Å². The van der Waals surface area contributed by atoms with Gasteiger partial charge < -0.3 is 16.0 Å². The molecule has 0 spiro atoms. The van der Waals surface area contributed by atoms with Gasteiger partial charge in [-0.3, -0.25) is 4.79 Å². The largest absolute Gasteiger partial charge is 0.339 e. The van der Waals surface area contributed by atoms with Crippen LogP contribution in [0.25, 0.3) is 0 Å². The maximum Gasteiger partial charge on any atom is 0.228 e. The minimum Gasteiger partial charge on any atom is -0.339 e. The summed E-state index contributed by atoms with van der Waals surface area (Å²) in [5, 5.41) is 8.75.